The van der Waals surface area contributed by atoms with Gasteiger partial charge < -0.3 is 10.2 Å². The van der Waals surface area contributed by atoms with Crippen LogP contribution in [0.2, 0.25) is 0 Å². The number of nitrogens with zero attached hydrogens (tertiary/aromatic N) is 1. The Hall–Kier alpha value is -1.37. The van der Waals surface area contributed by atoms with Crippen molar-refractivity contribution in [1.82, 2.24) is 4.90 Å². The van der Waals surface area contributed by atoms with Crippen LogP contribution in [0.4, 0.5) is 23.7 Å². The lowest BCUT2D eigenvalue weighted by Gasteiger charge is -2.13. The van der Waals surface area contributed by atoms with Crippen LogP contribution in [0.15, 0.2) is 29.2 Å². The zero-order chi connectivity index (χ0) is 13.1. The third kappa shape index (κ3) is 4.99. The third-order valence-corrected chi connectivity index (χ3v) is 2.45. The van der Waals surface area contributed by atoms with E-state index in [9.17, 15) is 18.0 Å². The van der Waals surface area contributed by atoms with E-state index in [1.54, 1.807) is 14.1 Å². The summed E-state index contributed by atoms with van der Waals surface area (Å²) in [5.74, 6) is 0. The zero-order valence-corrected chi connectivity index (χ0v) is 10.0. The number of hydrogen-bond acceptors (Lipinski definition) is 2. The van der Waals surface area contributed by atoms with Crippen molar-refractivity contribution >= 4 is 23.5 Å². The smallest absolute Gasteiger partial charge is 0.331 e. The summed E-state index contributed by atoms with van der Waals surface area (Å²) in [5, 5.41) is 2.47. The number of rotatable bonds is 2. The van der Waals surface area contributed by atoms with Gasteiger partial charge in [-0.1, -0.05) is 6.07 Å². The van der Waals surface area contributed by atoms with Crippen LogP contribution in [0.1, 0.15) is 0 Å². The van der Waals surface area contributed by atoms with E-state index in [-0.39, 0.29) is 22.7 Å². The molecule has 0 atom stereocenters. The molecule has 0 radical (unpaired) electrons. The molecule has 1 aromatic carbocycles. The molecule has 0 aliphatic rings. The highest BCUT2D eigenvalue weighted by molar-refractivity contribution is 8.00. The molecule has 0 heterocycles. The molecule has 0 saturated heterocycles. The molecule has 1 rings (SSSR count). The number of hydrogen-bond donors (Lipinski definition) is 1. The molecule has 0 spiro atoms. The summed E-state index contributed by atoms with van der Waals surface area (Å²) in [6, 6.07) is 5.21. The molecular weight excluding hydrogens is 253 g/mol. The number of urea groups is 1. The van der Waals surface area contributed by atoms with Gasteiger partial charge in [0.25, 0.3) is 0 Å². The Morgan fingerprint density at radius 3 is 2.53 bits per heavy atom. The molecule has 94 valence electrons. The molecule has 17 heavy (non-hydrogen) atoms. The van der Waals surface area contributed by atoms with Gasteiger partial charge in [-0.05, 0) is 30.0 Å². The predicted octanol–water partition coefficient (Wildman–Crippen LogP) is 3.39. The number of alkyl halides is 3. The van der Waals surface area contributed by atoms with Crippen molar-refractivity contribution in [2.45, 2.75) is 10.4 Å². The fourth-order valence-electron chi connectivity index (χ4n) is 1.01. The first-order valence-electron chi connectivity index (χ1n) is 4.62. The Morgan fingerprint density at radius 1 is 1.35 bits per heavy atom. The van der Waals surface area contributed by atoms with Crippen LogP contribution in [-0.2, 0) is 0 Å². The van der Waals surface area contributed by atoms with Crippen molar-refractivity contribution < 1.29 is 18.0 Å². The Bertz CT molecular complexity index is 407. The van der Waals surface area contributed by atoms with Crippen LogP contribution in [0.25, 0.3) is 0 Å². The maximum atomic E-state index is 12.1. The molecule has 1 N–H and O–H groups in total. The average Bonchev–Trinajstić information content (AvgIpc) is 2.15. The van der Waals surface area contributed by atoms with E-state index in [0.29, 0.717) is 5.69 Å². The van der Waals surface area contributed by atoms with Crippen molar-refractivity contribution in [3.8, 4) is 0 Å². The molecule has 0 aliphatic heterocycles. The standard InChI is InChI=1S/C10H11F3N2OS/c1-15(2)9(16)14-7-4-3-5-8(6-7)17-10(11,12)13/h3-6H,1-2H3,(H,14,16). The van der Waals surface area contributed by atoms with Gasteiger partial charge in [0.2, 0.25) is 0 Å². The van der Waals surface area contributed by atoms with Crippen molar-refractivity contribution in [3.05, 3.63) is 24.3 Å². The Kier molecular flexibility index (Phi) is 4.28. The summed E-state index contributed by atoms with van der Waals surface area (Å²) in [6.07, 6.45) is 0. The summed E-state index contributed by atoms with van der Waals surface area (Å²) in [6.45, 7) is 0. The number of amides is 2. The lowest BCUT2D eigenvalue weighted by atomic mass is 10.3. The first kappa shape index (κ1) is 13.7. The van der Waals surface area contributed by atoms with Crippen LogP contribution in [-0.4, -0.2) is 30.5 Å². The fraction of sp³-hybridized carbons (Fsp3) is 0.300. The number of carbonyl (C=O) groups excluding carboxylic acids is 1. The molecule has 0 aliphatic carbocycles. The van der Waals surface area contributed by atoms with Gasteiger partial charge >= 0.3 is 11.5 Å². The largest absolute Gasteiger partial charge is 0.446 e. The molecule has 0 bridgehead atoms. The lowest BCUT2D eigenvalue weighted by Crippen LogP contribution is -2.27. The average molecular weight is 264 g/mol. The monoisotopic (exact) mass is 264 g/mol. The van der Waals surface area contributed by atoms with Crippen molar-refractivity contribution in [2.24, 2.45) is 0 Å². The van der Waals surface area contributed by atoms with Crippen molar-refractivity contribution in [1.29, 1.82) is 0 Å². The first-order chi connectivity index (χ1) is 7.78. The summed E-state index contributed by atoms with van der Waals surface area (Å²) in [4.78, 5) is 12.6. The third-order valence-electron chi connectivity index (χ3n) is 1.73. The summed E-state index contributed by atoms with van der Waals surface area (Å²) < 4.78 is 36.4. The number of halogens is 3. The Balaban J connectivity index is 2.76. The second-order valence-corrected chi connectivity index (χ2v) is 4.54. The van der Waals surface area contributed by atoms with Gasteiger partial charge in [-0.2, -0.15) is 13.2 Å². The van der Waals surface area contributed by atoms with Crippen LogP contribution in [0.5, 0.6) is 0 Å². The molecule has 0 fully saturated rings. The molecule has 0 unspecified atom stereocenters. The number of anilines is 1. The number of thioether (sulfide) groups is 1. The van der Waals surface area contributed by atoms with Crippen molar-refractivity contribution in [3.63, 3.8) is 0 Å². The molecule has 0 aromatic heterocycles. The maximum absolute atomic E-state index is 12.1. The second kappa shape index (κ2) is 5.31. The van der Waals surface area contributed by atoms with E-state index in [1.165, 1.54) is 29.2 Å². The molecular formula is C10H11F3N2OS. The lowest BCUT2D eigenvalue weighted by molar-refractivity contribution is -0.0328. The number of nitrogens with one attached hydrogen (secondary N) is 1. The number of benzene rings is 1. The van der Waals surface area contributed by atoms with Gasteiger partial charge in [-0.25, -0.2) is 4.79 Å². The van der Waals surface area contributed by atoms with Crippen LogP contribution in [0.3, 0.4) is 0 Å². The predicted molar refractivity (Wildman–Crippen MR) is 61.1 cm³/mol. The van der Waals surface area contributed by atoms with E-state index in [4.69, 9.17) is 0 Å². The molecule has 3 nitrogen and oxygen atoms in total. The van der Waals surface area contributed by atoms with Gasteiger partial charge in [-0.15, -0.1) is 0 Å². The zero-order valence-electron chi connectivity index (χ0n) is 9.21. The van der Waals surface area contributed by atoms with Crippen LogP contribution >= 0.6 is 11.8 Å². The normalized spacial score (nSPS) is 11.1. The van der Waals surface area contributed by atoms with Gasteiger partial charge in [0.1, 0.15) is 0 Å². The van der Waals surface area contributed by atoms with Gasteiger partial charge in [0, 0.05) is 24.7 Å². The molecule has 0 saturated carbocycles. The van der Waals surface area contributed by atoms with E-state index in [0.717, 1.165) is 0 Å². The minimum absolute atomic E-state index is 0.0362. The maximum Gasteiger partial charge on any atom is 0.446 e. The minimum Gasteiger partial charge on any atom is -0.331 e. The van der Waals surface area contributed by atoms with Gasteiger partial charge in [0.15, 0.2) is 0 Å². The van der Waals surface area contributed by atoms with E-state index in [2.05, 4.69) is 5.32 Å². The SMILES string of the molecule is CN(C)C(=O)Nc1cccc(SC(F)(F)F)c1. The highest BCUT2D eigenvalue weighted by Gasteiger charge is 2.29. The van der Waals surface area contributed by atoms with Crippen LogP contribution in [0, 0.1) is 0 Å². The highest BCUT2D eigenvalue weighted by atomic mass is 32.2. The molecule has 7 heteroatoms. The van der Waals surface area contributed by atoms with Crippen molar-refractivity contribution in [2.75, 3.05) is 19.4 Å². The topological polar surface area (TPSA) is 32.3 Å². The summed E-state index contributed by atoms with van der Waals surface area (Å²) in [5.41, 5.74) is -4.00. The second-order valence-electron chi connectivity index (χ2n) is 3.40. The molecule has 2 amide bonds. The molecule has 1 aromatic rings. The van der Waals surface area contributed by atoms with E-state index >= 15 is 0 Å². The van der Waals surface area contributed by atoms with E-state index in [1.807, 2.05) is 0 Å². The highest BCUT2D eigenvalue weighted by Crippen LogP contribution is 2.37. The fourth-order valence-corrected chi connectivity index (χ4v) is 1.61. The summed E-state index contributed by atoms with van der Waals surface area (Å²) >= 11 is -0.215. The quantitative estimate of drug-likeness (QED) is 0.830. The Labute approximate surface area is 101 Å². The number of carbonyl (C=O) groups is 1. The minimum atomic E-state index is -4.33. The van der Waals surface area contributed by atoms with Gasteiger partial charge in [0.05, 0.1) is 0 Å². The van der Waals surface area contributed by atoms with E-state index < -0.39 is 5.51 Å². The van der Waals surface area contributed by atoms with Gasteiger partial charge in [-0.3, -0.25) is 0 Å². The van der Waals surface area contributed by atoms with Crippen LogP contribution < -0.4 is 5.32 Å². The Morgan fingerprint density at radius 2 is 2.00 bits per heavy atom. The first-order valence-corrected chi connectivity index (χ1v) is 5.44. The summed E-state index contributed by atoms with van der Waals surface area (Å²) in [7, 11) is 3.09.